The maximum atomic E-state index is 10.6. The summed E-state index contributed by atoms with van der Waals surface area (Å²) in [5.41, 5.74) is 2.69. The van der Waals surface area contributed by atoms with Gasteiger partial charge >= 0.3 is 0 Å². The zero-order valence-electron chi connectivity index (χ0n) is 9.27. The molecule has 0 atom stereocenters. The van der Waals surface area contributed by atoms with Gasteiger partial charge in [0.1, 0.15) is 11.6 Å². The Morgan fingerprint density at radius 2 is 2.35 bits per heavy atom. The quantitative estimate of drug-likeness (QED) is 0.802. The van der Waals surface area contributed by atoms with E-state index in [4.69, 9.17) is 4.74 Å². The zero-order valence-corrected chi connectivity index (χ0v) is 9.27. The predicted molar refractivity (Wildman–Crippen MR) is 63.2 cm³/mol. The number of aromatic amines is 1. The number of fused-ring (bicyclic) bond motifs is 1. The Kier molecular flexibility index (Phi) is 2.40. The highest BCUT2D eigenvalue weighted by Gasteiger charge is 2.12. The third-order valence-electron chi connectivity index (χ3n) is 2.90. The number of nitrogens with zero attached hydrogens (tertiary/aromatic N) is 1. The molecule has 0 saturated carbocycles. The second-order valence-corrected chi connectivity index (χ2v) is 4.08. The molecule has 1 N–H and O–H groups in total. The van der Waals surface area contributed by atoms with Crippen LogP contribution in [-0.4, -0.2) is 22.9 Å². The molecule has 4 heteroatoms. The molecule has 2 heterocycles. The Morgan fingerprint density at radius 3 is 3.18 bits per heavy atom. The summed E-state index contributed by atoms with van der Waals surface area (Å²) in [5, 5.41) is 0. The largest absolute Gasteiger partial charge is 0.493 e. The zero-order chi connectivity index (χ0) is 11.7. The SMILES string of the molecule is O=Cc1cnc(-c2ccc3c(c2)CCCO3)[nH]1. The molecular weight excluding hydrogens is 216 g/mol. The number of carbonyl (C=O) groups excluding carboxylic acids is 1. The van der Waals surface area contributed by atoms with Gasteiger partial charge in [-0.2, -0.15) is 0 Å². The third-order valence-corrected chi connectivity index (χ3v) is 2.90. The number of aldehydes is 1. The van der Waals surface area contributed by atoms with E-state index >= 15 is 0 Å². The molecule has 1 aliphatic rings. The number of imidazole rings is 1. The number of nitrogens with one attached hydrogen (secondary N) is 1. The fourth-order valence-corrected chi connectivity index (χ4v) is 2.05. The third kappa shape index (κ3) is 1.82. The van der Waals surface area contributed by atoms with Crippen LogP contribution in [-0.2, 0) is 6.42 Å². The van der Waals surface area contributed by atoms with Crippen LogP contribution in [0.5, 0.6) is 5.75 Å². The maximum Gasteiger partial charge on any atom is 0.167 e. The number of ether oxygens (including phenoxy) is 1. The van der Waals surface area contributed by atoms with Crippen LogP contribution in [0.2, 0.25) is 0 Å². The molecule has 17 heavy (non-hydrogen) atoms. The maximum absolute atomic E-state index is 10.6. The van der Waals surface area contributed by atoms with Crippen LogP contribution in [0.4, 0.5) is 0 Å². The minimum Gasteiger partial charge on any atom is -0.493 e. The standard InChI is InChI=1S/C13H12N2O2/c16-8-11-7-14-13(15-11)10-3-4-12-9(6-10)2-1-5-17-12/h3-4,6-8H,1-2,5H2,(H,14,15). The normalized spacial score (nSPS) is 13.9. The molecule has 0 aliphatic carbocycles. The molecule has 0 spiro atoms. The van der Waals surface area contributed by atoms with Gasteiger partial charge in [-0.1, -0.05) is 0 Å². The monoisotopic (exact) mass is 228 g/mol. The summed E-state index contributed by atoms with van der Waals surface area (Å²) in [7, 11) is 0. The molecule has 2 aromatic rings. The van der Waals surface area contributed by atoms with Crippen molar-refractivity contribution in [3.63, 3.8) is 0 Å². The van der Waals surface area contributed by atoms with Crippen molar-refractivity contribution in [2.75, 3.05) is 6.61 Å². The van der Waals surface area contributed by atoms with E-state index in [2.05, 4.69) is 16.0 Å². The van der Waals surface area contributed by atoms with Gasteiger partial charge in [-0.25, -0.2) is 4.98 Å². The first-order chi connectivity index (χ1) is 8.36. The highest BCUT2D eigenvalue weighted by atomic mass is 16.5. The first-order valence-corrected chi connectivity index (χ1v) is 5.63. The van der Waals surface area contributed by atoms with Crippen molar-refractivity contribution in [3.05, 3.63) is 35.7 Å². The molecule has 0 radical (unpaired) electrons. The number of benzene rings is 1. The van der Waals surface area contributed by atoms with E-state index in [0.717, 1.165) is 42.9 Å². The number of hydrogen-bond donors (Lipinski definition) is 1. The minimum atomic E-state index is 0.494. The van der Waals surface area contributed by atoms with Crippen molar-refractivity contribution in [1.82, 2.24) is 9.97 Å². The number of aromatic nitrogens is 2. The lowest BCUT2D eigenvalue weighted by Crippen LogP contribution is -2.08. The number of hydrogen-bond acceptors (Lipinski definition) is 3. The van der Waals surface area contributed by atoms with Gasteiger partial charge in [-0.3, -0.25) is 4.79 Å². The van der Waals surface area contributed by atoms with E-state index in [9.17, 15) is 4.79 Å². The molecule has 1 aromatic heterocycles. The van der Waals surface area contributed by atoms with Crippen LogP contribution in [0.3, 0.4) is 0 Å². The fraction of sp³-hybridized carbons (Fsp3) is 0.231. The first-order valence-electron chi connectivity index (χ1n) is 5.63. The van der Waals surface area contributed by atoms with Gasteiger partial charge in [0.05, 0.1) is 18.5 Å². The second kappa shape index (κ2) is 4.05. The van der Waals surface area contributed by atoms with E-state index in [1.54, 1.807) is 0 Å². The van der Waals surface area contributed by atoms with Gasteiger partial charge < -0.3 is 9.72 Å². The molecule has 4 nitrogen and oxygen atoms in total. The lowest BCUT2D eigenvalue weighted by Gasteiger charge is -2.17. The Bertz CT molecular complexity index is 560. The van der Waals surface area contributed by atoms with Crippen molar-refractivity contribution in [1.29, 1.82) is 0 Å². The minimum absolute atomic E-state index is 0.494. The summed E-state index contributed by atoms with van der Waals surface area (Å²) in [6.45, 7) is 0.794. The van der Waals surface area contributed by atoms with E-state index in [-0.39, 0.29) is 0 Å². The molecule has 86 valence electrons. The van der Waals surface area contributed by atoms with Crippen molar-refractivity contribution in [3.8, 4) is 17.1 Å². The molecule has 0 amide bonds. The van der Waals surface area contributed by atoms with E-state index in [0.29, 0.717) is 5.69 Å². The summed E-state index contributed by atoms with van der Waals surface area (Å²) >= 11 is 0. The van der Waals surface area contributed by atoms with Crippen LogP contribution < -0.4 is 4.74 Å². The van der Waals surface area contributed by atoms with Gasteiger partial charge in [-0.05, 0) is 36.6 Å². The van der Waals surface area contributed by atoms with Gasteiger partial charge in [0.2, 0.25) is 0 Å². The van der Waals surface area contributed by atoms with E-state index in [1.165, 1.54) is 11.8 Å². The van der Waals surface area contributed by atoms with Crippen molar-refractivity contribution >= 4 is 6.29 Å². The summed E-state index contributed by atoms with van der Waals surface area (Å²) in [6, 6.07) is 5.99. The summed E-state index contributed by atoms with van der Waals surface area (Å²) in [5.74, 6) is 1.68. The number of rotatable bonds is 2. The van der Waals surface area contributed by atoms with Crippen LogP contribution in [0, 0.1) is 0 Å². The van der Waals surface area contributed by atoms with E-state index in [1.807, 2.05) is 12.1 Å². The molecule has 0 fully saturated rings. The topological polar surface area (TPSA) is 55.0 Å². The lowest BCUT2D eigenvalue weighted by atomic mass is 10.0. The highest BCUT2D eigenvalue weighted by Crippen LogP contribution is 2.28. The first kappa shape index (κ1) is 10.1. The average molecular weight is 228 g/mol. The van der Waals surface area contributed by atoms with Crippen LogP contribution in [0.25, 0.3) is 11.4 Å². The van der Waals surface area contributed by atoms with Crippen molar-refractivity contribution in [2.24, 2.45) is 0 Å². The Morgan fingerprint density at radius 1 is 1.41 bits per heavy atom. The van der Waals surface area contributed by atoms with Crippen LogP contribution >= 0.6 is 0 Å². The van der Waals surface area contributed by atoms with Gasteiger partial charge in [0.25, 0.3) is 0 Å². The van der Waals surface area contributed by atoms with Gasteiger partial charge in [-0.15, -0.1) is 0 Å². The molecule has 1 aromatic carbocycles. The Balaban J connectivity index is 2.00. The van der Waals surface area contributed by atoms with E-state index < -0.39 is 0 Å². The van der Waals surface area contributed by atoms with Crippen molar-refractivity contribution < 1.29 is 9.53 Å². The Labute approximate surface area is 98.6 Å². The van der Waals surface area contributed by atoms with Crippen molar-refractivity contribution in [2.45, 2.75) is 12.8 Å². The average Bonchev–Trinajstić information content (AvgIpc) is 2.87. The van der Waals surface area contributed by atoms with Gasteiger partial charge in [0, 0.05) is 5.56 Å². The summed E-state index contributed by atoms with van der Waals surface area (Å²) in [4.78, 5) is 17.7. The second-order valence-electron chi connectivity index (χ2n) is 4.08. The number of carbonyl (C=O) groups is 1. The summed E-state index contributed by atoms with van der Waals surface area (Å²) in [6.07, 6.45) is 4.38. The molecule has 0 unspecified atom stereocenters. The highest BCUT2D eigenvalue weighted by molar-refractivity contribution is 5.73. The van der Waals surface area contributed by atoms with Crippen LogP contribution in [0.15, 0.2) is 24.4 Å². The molecule has 1 aliphatic heterocycles. The molecule has 0 bridgehead atoms. The number of aryl methyl sites for hydroxylation is 1. The Hall–Kier alpha value is -2.10. The predicted octanol–water partition coefficient (Wildman–Crippen LogP) is 2.21. The lowest BCUT2D eigenvalue weighted by molar-refractivity contribution is 0.111. The number of H-pyrrole nitrogens is 1. The summed E-state index contributed by atoms with van der Waals surface area (Å²) < 4.78 is 5.55. The van der Waals surface area contributed by atoms with Gasteiger partial charge in [0.15, 0.2) is 6.29 Å². The molecule has 0 saturated heterocycles. The fourth-order valence-electron chi connectivity index (χ4n) is 2.05. The molecular formula is C13H12N2O2. The van der Waals surface area contributed by atoms with Crippen LogP contribution in [0.1, 0.15) is 22.5 Å². The smallest absolute Gasteiger partial charge is 0.167 e. The molecule has 3 rings (SSSR count).